The molecule has 2 aromatic rings. The predicted octanol–water partition coefficient (Wildman–Crippen LogP) is 4.13. The molecule has 1 aromatic heterocycles. The maximum atomic E-state index is 13.3. The van der Waals surface area contributed by atoms with Crippen molar-refractivity contribution in [2.24, 2.45) is 0 Å². The Balaban J connectivity index is 1.87. The van der Waals surface area contributed by atoms with Gasteiger partial charge in [0.05, 0.1) is 4.47 Å². The van der Waals surface area contributed by atoms with E-state index in [0.29, 0.717) is 10.5 Å². The number of hydrogen-bond donors (Lipinski definition) is 1. The molecule has 100 valence electrons. The Morgan fingerprint density at radius 3 is 2.84 bits per heavy atom. The standard InChI is InChI=1S/C14H15BrFN3/c15-12-9-11(5-6-13(12)16)19-8-7-17-14(19)18-10-3-1-2-4-10/h5-10H,1-4H2,(H,17,18). The fraction of sp³-hybridized carbons (Fsp3) is 0.357. The van der Waals surface area contributed by atoms with E-state index in [2.05, 4.69) is 26.2 Å². The molecule has 1 aliphatic rings. The maximum absolute atomic E-state index is 13.3. The normalized spacial score (nSPS) is 15.9. The fourth-order valence-electron chi connectivity index (χ4n) is 2.51. The topological polar surface area (TPSA) is 29.9 Å². The van der Waals surface area contributed by atoms with Gasteiger partial charge in [-0.25, -0.2) is 9.37 Å². The molecular formula is C14H15BrFN3. The van der Waals surface area contributed by atoms with Gasteiger partial charge in [0.25, 0.3) is 0 Å². The Kier molecular flexibility index (Phi) is 3.55. The Morgan fingerprint density at radius 1 is 1.32 bits per heavy atom. The number of nitrogens with zero attached hydrogens (tertiary/aromatic N) is 2. The van der Waals surface area contributed by atoms with Gasteiger partial charge in [-0.2, -0.15) is 0 Å². The van der Waals surface area contributed by atoms with Gasteiger partial charge in [0.1, 0.15) is 5.82 Å². The summed E-state index contributed by atoms with van der Waals surface area (Å²) in [6, 6.07) is 5.47. The third-order valence-corrected chi connectivity index (χ3v) is 4.12. The quantitative estimate of drug-likeness (QED) is 0.920. The zero-order valence-electron chi connectivity index (χ0n) is 10.4. The van der Waals surface area contributed by atoms with Gasteiger partial charge in [0, 0.05) is 24.1 Å². The fourth-order valence-corrected chi connectivity index (χ4v) is 2.87. The second kappa shape index (κ2) is 5.33. The van der Waals surface area contributed by atoms with Crippen LogP contribution in [0.2, 0.25) is 0 Å². The predicted molar refractivity (Wildman–Crippen MR) is 77.1 cm³/mol. The zero-order chi connectivity index (χ0) is 13.2. The van der Waals surface area contributed by atoms with Crippen LogP contribution in [-0.2, 0) is 0 Å². The number of nitrogens with one attached hydrogen (secondary N) is 1. The largest absolute Gasteiger partial charge is 0.353 e. The summed E-state index contributed by atoms with van der Waals surface area (Å²) in [6.07, 6.45) is 8.59. The Hall–Kier alpha value is -1.36. The van der Waals surface area contributed by atoms with Gasteiger partial charge in [0.15, 0.2) is 0 Å². The molecule has 0 bridgehead atoms. The third kappa shape index (κ3) is 2.66. The minimum atomic E-state index is -0.255. The van der Waals surface area contributed by atoms with Crippen LogP contribution in [0, 0.1) is 5.82 Å². The molecule has 0 atom stereocenters. The first-order valence-electron chi connectivity index (χ1n) is 6.49. The van der Waals surface area contributed by atoms with Crippen molar-refractivity contribution in [1.82, 2.24) is 9.55 Å². The van der Waals surface area contributed by atoms with Gasteiger partial charge in [0.2, 0.25) is 5.95 Å². The van der Waals surface area contributed by atoms with Gasteiger partial charge >= 0.3 is 0 Å². The molecule has 1 fully saturated rings. The number of anilines is 1. The van der Waals surface area contributed by atoms with E-state index in [4.69, 9.17) is 0 Å². The lowest BCUT2D eigenvalue weighted by molar-refractivity contribution is 0.620. The maximum Gasteiger partial charge on any atom is 0.207 e. The lowest BCUT2D eigenvalue weighted by Gasteiger charge is -2.15. The molecule has 1 saturated carbocycles. The van der Waals surface area contributed by atoms with E-state index in [1.54, 1.807) is 18.3 Å². The van der Waals surface area contributed by atoms with Crippen LogP contribution in [0.25, 0.3) is 5.69 Å². The van der Waals surface area contributed by atoms with E-state index in [-0.39, 0.29) is 5.82 Å². The zero-order valence-corrected chi connectivity index (χ0v) is 12.0. The van der Waals surface area contributed by atoms with Crippen molar-refractivity contribution in [2.45, 2.75) is 31.7 Å². The van der Waals surface area contributed by atoms with Crippen molar-refractivity contribution in [1.29, 1.82) is 0 Å². The molecule has 1 aliphatic carbocycles. The number of rotatable bonds is 3. The second-order valence-electron chi connectivity index (χ2n) is 4.84. The van der Waals surface area contributed by atoms with E-state index in [1.807, 2.05) is 10.8 Å². The van der Waals surface area contributed by atoms with Crippen molar-refractivity contribution in [3.63, 3.8) is 0 Å². The van der Waals surface area contributed by atoms with Crippen molar-refractivity contribution >= 4 is 21.9 Å². The summed E-state index contributed by atoms with van der Waals surface area (Å²) in [5.41, 5.74) is 0.895. The van der Waals surface area contributed by atoms with Crippen LogP contribution in [0.15, 0.2) is 35.1 Å². The molecule has 1 aromatic carbocycles. The third-order valence-electron chi connectivity index (χ3n) is 3.51. The molecule has 0 spiro atoms. The molecule has 3 nitrogen and oxygen atoms in total. The van der Waals surface area contributed by atoms with Crippen molar-refractivity contribution < 1.29 is 4.39 Å². The molecule has 0 radical (unpaired) electrons. The number of imidazole rings is 1. The number of aromatic nitrogens is 2. The van der Waals surface area contributed by atoms with E-state index in [9.17, 15) is 4.39 Å². The molecule has 0 amide bonds. The molecule has 0 unspecified atom stereocenters. The SMILES string of the molecule is Fc1ccc(-n2ccnc2NC2CCCC2)cc1Br. The molecule has 1 heterocycles. The van der Waals surface area contributed by atoms with Crippen molar-refractivity contribution in [2.75, 3.05) is 5.32 Å². The van der Waals surface area contributed by atoms with Gasteiger partial charge in [-0.15, -0.1) is 0 Å². The van der Waals surface area contributed by atoms with Crippen molar-refractivity contribution in [3.8, 4) is 5.69 Å². The lowest BCUT2D eigenvalue weighted by atomic mass is 10.2. The van der Waals surface area contributed by atoms with Gasteiger partial charge < -0.3 is 5.32 Å². The summed E-state index contributed by atoms with van der Waals surface area (Å²) in [4.78, 5) is 4.35. The number of halogens is 2. The molecular weight excluding hydrogens is 309 g/mol. The monoisotopic (exact) mass is 323 g/mol. The summed E-state index contributed by atoms with van der Waals surface area (Å²) in [6.45, 7) is 0. The van der Waals surface area contributed by atoms with Crippen LogP contribution in [0.4, 0.5) is 10.3 Å². The lowest BCUT2D eigenvalue weighted by Crippen LogP contribution is -2.17. The van der Waals surface area contributed by atoms with Crippen LogP contribution >= 0.6 is 15.9 Å². The first-order valence-corrected chi connectivity index (χ1v) is 7.28. The van der Waals surface area contributed by atoms with E-state index >= 15 is 0 Å². The minimum Gasteiger partial charge on any atom is -0.353 e. The number of benzene rings is 1. The van der Waals surface area contributed by atoms with Gasteiger partial charge in [-0.1, -0.05) is 12.8 Å². The molecule has 5 heteroatoms. The van der Waals surface area contributed by atoms with Crippen LogP contribution < -0.4 is 5.32 Å². The molecule has 3 rings (SSSR count). The summed E-state index contributed by atoms with van der Waals surface area (Å²) in [5.74, 6) is 0.569. The molecule has 0 aliphatic heterocycles. The summed E-state index contributed by atoms with van der Waals surface area (Å²) < 4.78 is 15.7. The van der Waals surface area contributed by atoms with E-state index in [1.165, 1.54) is 31.7 Å². The van der Waals surface area contributed by atoms with E-state index < -0.39 is 0 Å². The van der Waals surface area contributed by atoms with Crippen LogP contribution in [0.1, 0.15) is 25.7 Å². The smallest absolute Gasteiger partial charge is 0.207 e. The van der Waals surface area contributed by atoms with Crippen LogP contribution in [-0.4, -0.2) is 15.6 Å². The summed E-state index contributed by atoms with van der Waals surface area (Å²) in [7, 11) is 0. The van der Waals surface area contributed by atoms with Gasteiger partial charge in [-0.3, -0.25) is 4.57 Å². The minimum absolute atomic E-state index is 0.255. The molecule has 0 saturated heterocycles. The average Bonchev–Trinajstić information content (AvgIpc) is 3.05. The number of hydrogen-bond acceptors (Lipinski definition) is 2. The first-order chi connectivity index (χ1) is 9.24. The summed E-state index contributed by atoms with van der Waals surface area (Å²) >= 11 is 3.22. The highest BCUT2D eigenvalue weighted by atomic mass is 79.9. The Bertz CT molecular complexity index is 576. The van der Waals surface area contributed by atoms with Crippen LogP contribution in [0.5, 0.6) is 0 Å². The first kappa shape index (κ1) is 12.7. The summed E-state index contributed by atoms with van der Waals surface area (Å²) in [5, 5.41) is 3.46. The highest BCUT2D eigenvalue weighted by molar-refractivity contribution is 9.10. The average molecular weight is 324 g/mol. The highest BCUT2D eigenvalue weighted by Gasteiger charge is 2.17. The second-order valence-corrected chi connectivity index (χ2v) is 5.70. The van der Waals surface area contributed by atoms with Gasteiger partial charge in [-0.05, 0) is 47.0 Å². The Morgan fingerprint density at radius 2 is 2.11 bits per heavy atom. The Labute approximate surface area is 120 Å². The molecule has 19 heavy (non-hydrogen) atoms. The van der Waals surface area contributed by atoms with Crippen LogP contribution in [0.3, 0.4) is 0 Å². The van der Waals surface area contributed by atoms with Crippen molar-refractivity contribution in [3.05, 3.63) is 40.9 Å². The van der Waals surface area contributed by atoms with E-state index in [0.717, 1.165) is 11.6 Å². The highest BCUT2D eigenvalue weighted by Crippen LogP contribution is 2.25. The molecule has 1 N–H and O–H groups in total.